The van der Waals surface area contributed by atoms with Crippen molar-refractivity contribution in [2.24, 2.45) is 0 Å². The number of benzene rings is 1. The lowest BCUT2D eigenvalue weighted by Gasteiger charge is -2.31. The summed E-state index contributed by atoms with van der Waals surface area (Å²) in [5.41, 5.74) is 2.77. The Morgan fingerprint density at radius 3 is 2.84 bits per heavy atom. The molecule has 2 aliphatic rings. The molecule has 0 radical (unpaired) electrons. The van der Waals surface area contributed by atoms with Crippen LogP contribution in [0.25, 0.3) is 0 Å². The number of carbonyl (C=O) groups excluding carboxylic acids is 2. The van der Waals surface area contributed by atoms with Gasteiger partial charge in [0.1, 0.15) is 6.61 Å². The maximum absolute atomic E-state index is 12.6. The van der Waals surface area contributed by atoms with Gasteiger partial charge in [-0.3, -0.25) is 14.7 Å². The Bertz CT molecular complexity index is 770. The zero-order valence-electron chi connectivity index (χ0n) is 13.7. The fraction of sp³-hybridized carbons (Fsp3) is 0.389. The lowest BCUT2D eigenvalue weighted by molar-refractivity contribution is -0.148. The van der Waals surface area contributed by atoms with Crippen LogP contribution in [0.15, 0.2) is 36.4 Å². The lowest BCUT2D eigenvalue weighted by Crippen LogP contribution is -2.52. The molecule has 2 atom stereocenters. The van der Waals surface area contributed by atoms with Crippen LogP contribution < -0.4 is 10.6 Å². The van der Waals surface area contributed by atoms with E-state index < -0.39 is 12.1 Å². The molecule has 2 heterocycles. The monoisotopic (exact) mass is 340 g/mol. The maximum Gasteiger partial charge on any atom is 0.251 e. The molecule has 1 aromatic heterocycles. The molecule has 7 nitrogen and oxygen atoms in total. The summed E-state index contributed by atoms with van der Waals surface area (Å²) in [4.78, 5) is 24.3. The highest BCUT2D eigenvalue weighted by molar-refractivity contribution is 5.86. The van der Waals surface area contributed by atoms with Crippen LogP contribution in [0.4, 0.5) is 0 Å². The van der Waals surface area contributed by atoms with Crippen molar-refractivity contribution in [2.45, 2.75) is 37.5 Å². The number of morpholine rings is 1. The number of aromatic amines is 1. The second-order valence-electron chi connectivity index (χ2n) is 6.50. The molecule has 1 aliphatic heterocycles. The van der Waals surface area contributed by atoms with Crippen LogP contribution in [0.1, 0.15) is 41.8 Å². The summed E-state index contributed by atoms with van der Waals surface area (Å²) >= 11 is 0. The minimum absolute atomic E-state index is 0.114. The number of nitrogens with zero attached hydrogens (tertiary/aromatic N) is 1. The highest BCUT2D eigenvalue weighted by Gasteiger charge is 2.36. The third-order valence-electron chi connectivity index (χ3n) is 4.53. The fourth-order valence-electron chi connectivity index (χ4n) is 3.04. The second-order valence-corrected chi connectivity index (χ2v) is 6.50. The van der Waals surface area contributed by atoms with E-state index in [1.807, 2.05) is 36.4 Å². The maximum atomic E-state index is 12.6. The van der Waals surface area contributed by atoms with Crippen molar-refractivity contribution in [1.82, 2.24) is 20.8 Å². The summed E-state index contributed by atoms with van der Waals surface area (Å²) in [5, 5.41) is 13.0. The smallest absolute Gasteiger partial charge is 0.251 e. The molecule has 2 amide bonds. The van der Waals surface area contributed by atoms with Gasteiger partial charge in [-0.2, -0.15) is 5.10 Å². The van der Waals surface area contributed by atoms with Crippen molar-refractivity contribution in [3.63, 3.8) is 0 Å². The summed E-state index contributed by atoms with van der Waals surface area (Å²) in [6.07, 6.45) is 1.61. The molecular formula is C18H20N4O3. The molecule has 25 heavy (non-hydrogen) atoms. The number of aromatic nitrogens is 2. The highest BCUT2D eigenvalue weighted by Crippen LogP contribution is 2.38. The largest absolute Gasteiger partial charge is 0.356 e. The minimum atomic E-state index is -0.758. The molecule has 0 unspecified atom stereocenters. The Morgan fingerprint density at radius 2 is 2.08 bits per heavy atom. The summed E-state index contributed by atoms with van der Waals surface area (Å²) in [6, 6.07) is 10.9. The van der Waals surface area contributed by atoms with E-state index in [9.17, 15) is 9.59 Å². The Balaban J connectivity index is 1.42. The molecule has 1 saturated carbocycles. The van der Waals surface area contributed by atoms with E-state index in [-0.39, 0.29) is 18.4 Å². The number of carbonyl (C=O) groups is 2. The van der Waals surface area contributed by atoms with Gasteiger partial charge in [-0.25, -0.2) is 0 Å². The van der Waals surface area contributed by atoms with Gasteiger partial charge >= 0.3 is 0 Å². The van der Waals surface area contributed by atoms with Crippen LogP contribution in [0, 0.1) is 0 Å². The summed E-state index contributed by atoms with van der Waals surface area (Å²) in [7, 11) is 0. The van der Waals surface area contributed by atoms with Gasteiger partial charge < -0.3 is 15.4 Å². The van der Waals surface area contributed by atoms with Gasteiger partial charge in [0.15, 0.2) is 6.10 Å². The molecule has 130 valence electrons. The third kappa shape index (κ3) is 3.56. The van der Waals surface area contributed by atoms with Gasteiger partial charge in [0.2, 0.25) is 5.91 Å². The Hall–Kier alpha value is -2.67. The molecule has 3 N–H and O–H groups in total. The van der Waals surface area contributed by atoms with Gasteiger partial charge in [0.05, 0.1) is 24.0 Å². The van der Waals surface area contributed by atoms with Crippen LogP contribution in [0.2, 0.25) is 0 Å². The first-order valence-electron chi connectivity index (χ1n) is 8.48. The number of hydrogen-bond donors (Lipinski definition) is 3. The van der Waals surface area contributed by atoms with Crippen molar-refractivity contribution in [3.8, 4) is 0 Å². The van der Waals surface area contributed by atoms with E-state index in [2.05, 4.69) is 20.8 Å². The van der Waals surface area contributed by atoms with E-state index in [0.717, 1.165) is 17.0 Å². The molecule has 1 aliphatic carbocycles. The molecule has 1 aromatic carbocycles. The first-order chi connectivity index (χ1) is 12.2. The number of amides is 2. The van der Waals surface area contributed by atoms with Gasteiger partial charge in [-0.15, -0.1) is 0 Å². The topological polar surface area (TPSA) is 96.1 Å². The average molecular weight is 340 g/mol. The minimum Gasteiger partial charge on any atom is -0.356 e. The molecule has 2 aromatic rings. The van der Waals surface area contributed by atoms with Crippen LogP contribution in [-0.2, 0) is 20.9 Å². The Labute approximate surface area is 145 Å². The highest BCUT2D eigenvalue weighted by atomic mass is 16.5. The molecule has 0 spiro atoms. The van der Waals surface area contributed by atoms with Crippen LogP contribution >= 0.6 is 0 Å². The number of ether oxygens (including phenoxy) is 1. The predicted octanol–water partition coefficient (Wildman–Crippen LogP) is 1.16. The standard InChI is InChI=1S/C18H20N4O3/c23-15-10-25-17(16(20-15)12-4-2-1-3-5-12)18(24)19-9-13-8-14(22-21-13)11-6-7-11/h1-5,8,11,16-17H,6-7,9-10H2,(H,19,24)(H,20,23)(H,21,22)/t16-,17+/m1/s1. The first-order valence-corrected chi connectivity index (χ1v) is 8.48. The van der Waals surface area contributed by atoms with Crippen molar-refractivity contribution in [1.29, 1.82) is 0 Å². The summed E-state index contributed by atoms with van der Waals surface area (Å²) < 4.78 is 5.51. The zero-order valence-corrected chi connectivity index (χ0v) is 13.7. The SMILES string of the molecule is O=C1CO[C@H](C(=O)NCc2cc(C3CC3)n[nH]2)[C@@H](c2ccccc2)N1. The third-order valence-corrected chi connectivity index (χ3v) is 4.53. The van der Waals surface area contributed by atoms with Crippen LogP contribution in [0.3, 0.4) is 0 Å². The zero-order chi connectivity index (χ0) is 17.2. The quantitative estimate of drug-likeness (QED) is 0.761. The first kappa shape index (κ1) is 15.8. The Kier molecular flexibility index (Phi) is 4.23. The van der Waals surface area contributed by atoms with E-state index in [0.29, 0.717) is 12.5 Å². The molecule has 0 bridgehead atoms. The summed E-state index contributed by atoms with van der Waals surface area (Å²) in [6.45, 7) is 0.241. The van der Waals surface area contributed by atoms with E-state index in [1.165, 1.54) is 12.8 Å². The normalized spacial score (nSPS) is 23.1. The molecular weight excluding hydrogens is 320 g/mol. The number of rotatable bonds is 5. The van der Waals surface area contributed by atoms with Crippen LogP contribution in [-0.4, -0.2) is 34.7 Å². The van der Waals surface area contributed by atoms with Crippen molar-refractivity contribution >= 4 is 11.8 Å². The van der Waals surface area contributed by atoms with Gasteiger partial charge in [-0.05, 0) is 24.5 Å². The Morgan fingerprint density at radius 1 is 1.28 bits per heavy atom. The lowest BCUT2D eigenvalue weighted by atomic mass is 9.99. The molecule has 7 heteroatoms. The molecule has 4 rings (SSSR count). The summed E-state index contributed by atoms with van der Waals surface area (Å²) in [5.74, 6) is 0.0945. The van der Waals surface area contributed by atoms with Crippen LogP contribution in [0.5, 0.6) is 0 Å². The number of nitrogens with one attached hydrogen (secondary N) is 3. The van der Waals surface area contributed by atoms with E-state index in [4.69, 9.17) is 4.74 Å². The number of H-pyrrole nitrogens is 1. The molecule has 1 saturated heterocycles. The van der Waals surface area contributed by atoms with Gasteiger partial charge in [0.25, 0.3) is 5.91 Å². The number of hydrogen-bond acceptors (Lipinski definition) is 4. The van der Waals surface area contributed by atoms with Gasteiger partial charge in [0, 0.05) is 5.92 Å². The fourth-order valence-corrected chi connectivity index (χ4v) is 3.04. The second kappa shape index (κ2) is 6.68. The van der Waals surface area contributed by atoms with Crippen molar-refractivity contribution in [3.05, 3.63) is 53.3 Å². The predicted molar refractivity (Wildman–Crippen MR) is 89.5 cm³/mol. The van der Waals surface area contributed by atoms with Crippen molar-refractivity contribution < 1.29 is 14.3 Å². The van der Waals surface area contributed by atoms with Gasteiger partial charge in [-0.1, -0.05) is 30.3 Å². The average Bonchev–Trinajstić information content (AvgIpc) is 3.39. The van der Waals surface area contributed by atoms with E-state index >= 15 is 0 Å². The van der Waals surface area contributed by atoms with E-state index in [1.54, 1.807) is 0 Å². The molecule has 2 fully saturated rings. The van der Waals surface area contributed by atoms with Crippen molar-refractivity contribution in [2.75, 3.05) is 6.61 Å².